The number of carbonyl (C=O) groups excluding carboxylic acids is 1. The molecule has 2 rings (SSSR count). The highest BCUT2D eigenvalue weighted by atomic mass is 16.2. The number of hydrogen-bond donors (Lipinski definition) is 1. The molecule has 1 aromatic rings. The van der Waals surface area contributed by atoms with Crippen LogP contribution in [0.3, 0.4) is 0 Å². The number of amides is 1. The maximum Gasteiger partial charge on any atom is 0.228 e. The van der Waals surface area contributed by atoms with Crippen LogP contribution in [0.5, 0.6) is 0 Å². The summed E-state index contributed by atoms with van der Waals surface area (Å²) in [5.74, 6) is 0.394. The third kappa shape index (κ3) is 3.78. The average Bonchev–Trinajstić information content (AvgIpc) is 2.54. The van der Waals surface area contributed by atoms with Gasteiger partial charge in [0.15, 0.2) is 0 Å². The first-order chi connectivity index (χ1) is 10.2. The third-order valence-electron chi connectivity index (χ3n) is 4.53. The molecule has 1 aliphatic heterocycles. The van der Waals surface area contributed by atoms with Gasteiger partial charge >= 0.3 is 0 Å². The monoisotopic (exact) mass is 288 g/mol. The number of nitrogens with one attached hydrogen (secondary N) is 1. The normalized spacial score (nSPS) is 18.5. The summed E-state index contributed by atoms with van der Waals surface area (Å²) in [6, 6.07) is 8.65. The number of anilines is 1. The van der Waals surface area contributed by atoms with Crippen molar-refractivity contribution in [1.82, 2.24) is 4.90 Å². The largest absolute Gasteiger partial charge is 0.384 e. The Morgan fingerprint density at radius 3 is 2.86 bits per heavy atom. The van der Waals surface area contributed by atoms with Gasteiger partial charge < -0.3 is 10.2 Å². The first-order valence-electron chi connectivity index (χ1n) is 8.29. The van der Waals surface area contributed by atoms with Crippen LogP contribution < -0.4 is 5.32 Å². The van der Waals surface area contributed by atoms with Gasteiger partial charge in [-0.2, -0.15) is 0 Å². The molecule has 0 spiro atoms. The van der Waals surface area contributed by atoms with Crippen LogP contribution in [0.1, 0.15) is 45.6 Å². The maximum atomic E-state index is 12.9. The summed E-state index contributed by atoms with van der Waals surface area (Å²) in [5.41, 5.74) is 2.45. The average molecular weight is 288 g/mol. The van der Waals surface area contributed by atoms with E-state index in [1.54, 1.807) is 0 Å². The minimum absolute atomic E-state index is 0.0748. The summed E-state index contributed by atoms with van der Waals surface area (Å²) < 4.78 is 0. The summed E-state index contributed by atoms with van der Waals surface area (Å²) >= 11 is 0. The topological polar surface area (TPSA) is 32.3 Å². The van der Waals surface area contributed by atoms with E-state index in [0.29, 0.717) is 11.9 Å². The smallest absolute Gasteiger partial charge is 0.228 e. The van der Waals surface area contributed by atoms with Crippen molar-refractivity contribution in [2.45, 2.75) is 52.5 Å². The number of fused-ring (bicyclic) bond motifs is 1. The van der Waals surface area contributed by atoms with Gasteiger partial charge in [-0.05, 0) is 37.8 Å². The number of para-hydroxylation sites is 1. The Balaban J connectivity index is 2.07. The van der Waals surface area contributed by atoms with E-state index >= 15 is 0 Å². The van der Waals surface area contributed by atoms with Crippen LogP contribution in [0.25, 0.3) is 0 Å². The molecule has 0 saturated carbocycles. The lowest BCUT2D eigenvalue weighted by Gasteiger charge is -2.34. The molecular weight excluding hydrogens is 260 g/mol. The molecule has 1 aromatic carbocycles. The molecule has 2 atom stereocenters. The Morgan fingerprint density at radius 1 is 1.38 bits per heavy atom. The number of hydrogen-bond acceptors (Lipinski definition) is 2. The number of carbonyl (C=O) groups is 1. The molecule has 1 heterocycles. The van der Waals surface area contributed by atoms with Gasteiger partial charge in [-0.1, -0.05) is 38.5 Å². The van der Waals surface area contributed by atoms with Crippen molar-refractivity contribution in [3.63, 3.8) is 0 Å². The quantitative estimate of drug-likeness (QED) is 0.865. The Morgan fingerprint density at radius 2 is 2.14 bits per heavy atom. The molecule has 0 fully saturated rings. The molecule has 0 aromatic heterocycles. The second-order valence-corrected chi connectivity index (χ2v) is 6.08. The number of nitrogens with zero attached hydrogens (tertiary/aromatic N) is 1. The van der Waals surface area contributed by atoms with Crippen LogP contribution >= 0.6 is 0 Å². The molecule has 0 aliphatic carbocycles. The molecule has 21 heavy (non-hydrogen) atoms. The second kappa shape index (κ2) is 7.48. The molecule has 0 radical (unpaired) electrons. The fourth-order valence-corrected chi connectivity index (χ4v) is 2.95. The molecule has 2 unspecified atom stereocenters. The minimum atomic E-state index is 0.0748. The van der Waals surface area contributed by atoms with Gasteiger partial charge in [-0.15, -0.1) is 0 Å². The van der Waals surface area contributed by atoms with E-state index in [1.807, 2.05) is 6.07 Å². The van der Waals surface area contributed by atoms with Gasteiger partial charge in [0.25, 0.3) is 0 Å². The van der Waals surface area contributed by atoms with E-state index in [-0.39, 0.29) is 5.92 Å². The Bertz CT molecular complexity index is 472. The molecule has 1 aliphatic rings. The predicted octanol–water partition coefficient (Wildman–Crippen LogP) is 3.70. The molecule has 1 amide bonds. The summed E-state index contributed by atoms with van der Waals surface area (Å²) in [4.78, 5) is 15.0. The zero-order valence-electron chi connectivity index (χ0n) is 13.6. The van der Waals surface area contributed by atoms with Crippen LogP contribution in [0, 0.1) is 5.92 Å². The van der Waals surface area contributed by atoms with Crippen molar-refractivity contribution < 1.29 is 4.79 Å². The van der Waals surface area contributed by atoms with Gasteiger partial charge in [0, 0.05) is 24.8 Å². The van der Waals surface area contributed by atoms with Gasteiger partial charge in [-0.3, -0.25) is 4.79 Å². The van der Waals surface area contributed by atoms with Crippen LogP contribution in [-0.4, -0.2) is 29.9 Å². The van der Waals surface area contributed by atoms with Crippen molar-refractivity contribution in [1.29, 1.82) is 0 Å². The number of benzene rings is 1. The molecule has 0 saturated heterocycles. The molecule has 0 bridgehead atoms. The van der Waals surface area contributed by atoms with Crippen LogP contribution in [0.2, 0.25) is 0 Å². The van der Waals surface area contributed by atoms with Crippen molar-refractivity contribution >= 4 is 11.6 Å². The van der Waals surface area contributed by atoms with E-state index in [1.165, 1.54) is 11.3 Å². The van der Waals surface area contributed by atoms with Crippen molar-refractivity contribution in [3.8, 4) is 0 Å². The Labute approximate surface area is 128 Å². The fraction of sp³-hybridized carbons (Fsp3) is 0.611. The Kier molecular flexibility index (Phi) is 5.66. The highest BCUT2D eigenvalue weighted by Gasteiger charge is 2.29. The van der Waals surface area contributed by atoms with Gasteiger partial charge in [0.05, 0.1) is 5.92 Å². The lowest BCUT2D eigenvalue weighted by Crippen LogP contribution is -2.45. The SMILES string of the molecule is CCCCN(C(=O)C1CNc2ccccc2C1)C(C)CC. The molecule has 1 N–H and O–H groups in total. The summed E-state index contributed by atoms with van der Waals surface area (Å²) in [6.45, 7) is 8.15. The minimum Gasteiger partial charge on any atom is -0.384 e. The third-order valence-corrected chi connectivity index (χ3v) is 4.53. The van der Waals surface area contributed by atoms with Crippen LogP contribution in [0.15, 0.2) is 24.3 Å². The molecular formula is C18H28N2O. The zero-order chi connectivity index (χ0) is 15.2. The van der Waals surface area contributed by atoms with Crippen molar-refractivity contribution in [2.24, 2.45) is 5.92 Å². The Hall–Kier alpha value is -1.51. The lowest BCUT2D eigenvalue weighted by atomic mass is 9.92. The molecule has 116 valence electrons. The first kappa shape index (κ1) is 15.9. The van der Waals surface area contributed by atoms with E-state index < -0.39 is 0 Å². The first-order valence-corrected chi connectivity index (χ1v) is 8.29. The molecule has 3 nitrogen and oxygen atoms in total. The fourth-order valence-electron chi connectivity index (χ4n) is 2.95. The highest BCUT2D eigenvalue weighted by Crippen LogP contribution is 2.26. The van der Waals surface area contributed by atoms with Gasteiger partial charge in [-0.25, -0.2) is 0 Å². The van der Waals surface area contributed by atoms with E-state index in [2.05, 4.69) is 49.2 Å². The summed E-state index contributed by atoms with van der Waals surface area (Å²) in [6.07, 6.45) is 4.10. The van der Waals surface area contributed by atoms with Crippen LogP contribution in [0.4, 0.5) is 5.69 Å². The maximum absolute atomic E-state index is 12.9. The van der Waals surface area contributed by atoms with Gasteiger partial charge in [0.1, 0.15) is 0 Å². The summed E-state index contributed by atoms with van der Waals surface area (Å²) in [7, 11) is 0. The highest BCUT2D eigenvalue weighted by molar-refractivity contribution is 5.81. The van der Waals surface area contributed by atoms with Crippen LogP contribution in [-0.2, 0) is 11.2 Å². The second-order valence-electron chi connectivity index (χ2n) is 6.08. The standard InChI is InChI=1S/C18H28N2O/c1-4-6-11-20(14(3)5-2)18(21)16-12-15-9-7-8-10-17(15)19-13-16/h7-10,14,16,19H,4-6,11-13H2,1-3H3. The predicted molar refractivity (Wildman–Crippen MR) is 88.5 cm³/mol. The number of rotatable bonds is 6. The zero-order valence-corrected chi connectivity index (χ0v) is 13.6. The van der Waals surface area contributed by atoms with E-state index in [0.717, 1.165) is 38.8 Å². The van der Waals surface area contributed by atoms with Crippen molar-refractivity contribution in [2.75, 3.05) is 18.4 Å². The van der Waals surface area contributed by atoms with Crippen molar-refractivity contribution in [3.05, 3.63) is 29.8 Å². The van der Waals surface area contributed by atoms with E-state index in [4.69, 9.17) is 0 Å². The summed E-state index contributed by atoms with van der Waals surface area (Å²) in [5, 5.41) is 3.41. The lowest BCUT2D eigenvalue weighted by molar-refractivity contribution is -0.137. The molecule has 3 heteroatoms. The van der Waals surface area contributed by atoms with E-state index in [9.17, 15) is 4.79 Å². The number of unbranched alkanes of at least 4 members (excludes halogenated alkanes) is 1. The van der Waals surface area contributed by atoms with Gasteiger partial charge in [0.2, 0.25) is 5.91 Å².